The molecule has 0 fully saturated rings. The fourth-order valence-corrected chi connectivity index (χ4v) is 6.34. The number of thiophene rings is 2. The van der Waals surface area contributed by atoms with Gasteiger partial charge in [0.2, 0.25) is 10.0 Å². The molecule has 0 radical (unpaired) electrons. The highest BCUT2D eigenvalue weighted by atomic mass is 35.5. The molecule has 0 aliphatic carbocycles. The SMILES string of the molecule is CNS(=O)(=O)c1ccc(CNC(=O)c2cc3c(C)nn(-c4ccccc4Cl)c3s2)s1. The molecule has 2 N–H and O–H groups in total. The molecule has 0 aliphatic heterocycles. The van der Waals surface area contributed by atoms with E-state index in [1.54, 1.807) is 16.8 Å². The standard InChI is InChI=1S/C19H17ClN4O3S3/c1-11-13-9-16(29-19(13)24(23-11)15-6-4-3-5-14(15)20)18(25)22-10-12-7-8-17(28-12)30(26,27)21-2/h3-9,21H,10H2,1-2H3,(H,22,25). The number of carbonyl (C=O) groups excluding carboxylic acids is 1. The molecule has 0 aliphatic rings. The Kier molecular flexibility index (Phi) is 5.69. The lowest BCUT2D eigenvalue weighted by Gasteiger charge is -2.04. The molecule has 4 aromatic rings. The van der Waals surface area contributed by atoms with Crippen LogP contribution in [-0.4, -0.2) is 31.2 Å². The summed E-state index contributed by atoms with van der Waals surface area (Å²) in [6, 6.07) is 12.4. The van der Waals surface area contributed by atoms with Crippen molar-refractivity contribution < 1.29 is 13.2 Å². The van der Waals surface area contributed by atoms with Crippen LogP contribution in [-0.2, 0) is 16.6 Å². The fraction of sp³-hybridized carbons (Fsp3) is 0.158. The Morgan fingerprint density at radius 3 is 2.70 bits per heavy atom. The molecule has 156 valence electrons. The number of nitrogens with one attached hydrogen (secondary N) is 2. The highest BCUT2D eigenvalue weighted by Gasteiger charge is 2.19. The third-order valence-corrected chi connectivity index (χ3v) is 8.86. The number of carbonyl (C=O) groups is 1. The molecular weight excluding hydrogens is 464 g/mol. The highest BCUT2D eigenvalue weighted by molar-refractivity contribution is 7.91. The first kappa shape index (κ1) is 21.0. The Hall–Kier alpha value is -2.24. The van der Waals surface area contributed by atoms with Crippen molar-refractivity contribution in [1.29, 1.82) is 0 Å². The monoisotopic (exact) mass is 480 g/mol. The van der Waals surface area contributed by atoms with E-state index in [2.05, 4.69) is 15.1 Å². The Bertz CT molecular complexity index is 1350. The van der Waals surface area contributed by atoms with Crippen molar-refractivity contribution >= 4 is 60.4 Å². The van der Waals surface area contributed by atoms with E-state index in [9.17, 15) is 13.2 Å². The normalized spacial score (nSPS) is 11.8. The summed E-state index contributed by atoms with van der Waals surface area (Å²) in [6.45, 7) is 2.13. The topological polar surface area (TPSA) is 93.1 Å². The van der Waals surface area contributed by atoms with Crippen LogP contribution >= 0.6 is 34.3 Å². The molecule has 0 bridgehead atoms. The van der Waals surface area contributed by atoms with Crippen molar-refractivity contribution in [2.24, 2.45) is 0 Å². The van der Waals surface area contributed by atoms with Gasteiger partial charge >= 0.3 is 0 Å². The zero-order chi connectivity index (χ0) is 21.5. The minimum absolute atomic E-state index is 0.214. The van der Waals surface area contributed by atoms with Gasteiger partial charge in [0.15, 0.2) is 0 Å². The number of aromatic nitrogens is 2. The lowest BCUT2D eigenvalue weighted by atomic mass is 10.3. The molecule has 0 atom stereocenters. The molecule has 0 saturated carbocycles. The van der Waals surface area contributed by atoms with E-state index >= 15 is 0 Å². The van der Waals surface area contributed by atoms with Crippen LogP contribution in [0.3, 0.4) is 0 Å². The second-order valence-corrected chi connectivity index (χ2v) is 11.1. The lowest BCUT2D eigenvalue weighted by molar-refractivity contribution is 0.0955. The highest BCUT2D eigenvalue weighted by Crippen LogP contribution is 2.32. The number of fused-ring (bicyclic) bond motifs is 1. The van der Waals surface area contributed by atoms with Gasteiger partial charge in [0.25, 0.3) is 5.91 Å². The van der Waals surface area contributed by atoms with Gasteiger partial charge in [-0.05, 0) is 44.3 Å². The summed E-state index contributed by atoms with van der Waals surface area (Å²) in [7, 11) is -2.12. The minimum Gasteiger partial charge on any atom is -0.346 e. The molecule has 4 rings (SSSR count). The molecule has 7 nitrogen and oxygen atoms in total. The maximum Gasteiger partial charge on any atom is 0.261 e. The number of rotatable bonds is 6. The van der Waals surface area contributed by atoms with Gasteiger partial charge in [0.1, 0.15) is 9.04 Å². The quantitative estimate of drug-likeness (QED) is 0.437. The van der Waals surface area contributed by atoms with Crippen LogP contribution in [0.1, 0.15) is 20.2 Å². The van der Waals surface area contributed by atoms with Crippen LogP contribution in [0.4, 0.5) is 0 Å². The van der Waals surface area contributed by atoms with Crippen LogP contribution in [0.2, 0.25) is 5.02 Å². The molecule has 0 unspecified atom stereocenters. The van der Waals surface area contributed by atoms with Crippen molar-refractivity contribution in [1.82, 2.24) is 19.8 Å². The molecule has 0 spiro atoms. The number of hydrogen-bond donors (Lipinski definition) is 2. The first-order valence-corrected chi connectivity index (χ1v) is 12.3. The number of halogens is 1. The van der Waals surface area contributed by atoms with Crippen molar-refractivity contribution in [3.63, 3.8) is 0 Å². The Morgan fingerprint density at radius 1 is 1.20 bits per heavy atom. The van der Waals surface area contributed by atoms with E-state index in [0.717, 1.165) is 37.8 Å². The van der Waals surface area contributed by atoms with Gasteiger partial charge in [-0.2, -0.15) is 5.10 Å². The number of amides is 1. The van der Waals surface area contributed by atoms with E-state index in [4.69, 9.17) is 11.6 Å². The molecule has 1 amide bonds. The summed E-state index contributed by atoms with van der Waals surface area (Å²) < 4.78 is 27.9. The van der Waals surface area contributed by atoms with Gasteiger partial charge in [-0.25, -0.2) is 17.8 Å². The predicted molar refractivity (Wildman–Crippen MR) is 120 cm³/mol. The van der Waals surface area contributed by atoms with Gasteiger partial charge < -0.3 is 5.32 Å². The molecule has 1 aromatic carbocycles. The maximum atomic E-state index is 12.7. The smallest absolute Gasteiger partial charge is 0.261 e. The molecular formula is C19H17ClN4O3S3. The summed E-state index contributed by atoms with van der Waals surface area (Å²) in [5.41, 5.74) is 1.56. The average Bonchev–Trinajstić information content (AvgIpc) is 3.44. The van der Waals surface area contributed by atoms with Crippen LogP contribution < -0.4 is 10.0 Å². The maximum absolute atomic E-state index is 12.7. The number of para-hydroxylation sites is 1. The second kappa shape index (κ2) is 8.12. The first-order chi connectivity index (χ1) is 14.3. The van der Waals surface area contributed by atoms with Gasteiger partial charge in [-0.15, -0.1) is 22.7 Å². The van der Waals surface area contributed by atoms with Gasteiger partial charge in [0.05, 0.1) is 27.8 Å². The molecule has 3 heterocycles. The Balaban J connectivity index is 1.56. The summed E-state index contributed by atoms with van der Waals surface area (Å²) in [4.78, 5) is 14.8. The van der Waals surface area contributed by atoms with Crippen molar-refractivity contribution in [3.8, 4) is 5.69 Å². The summed E-state index contributed by atoms with van der Waals surface area (Å²) in [6.07, 6.45) is 0. The van der Waals surface area contributed by atoms with Crippen LogP contribution in [0.5, 0.6) is 0 Å². The fourth-order valence-electron chi connectivity index (χ4n) is 2.90. The number of sulfonamides is 1. The zero-order valence-corrected chi connectivity index (χ0v) is 19.2. The van der Waals surface area contributed by atoms with Crippen molar-refractivity contribution in [2.75, 3.05) is 7.05 Å². The first-order valence-electron chi connectivity index (χ1n) is 8.84. The van der Waals surface area contributed by atoms with Crippen molar-refractivity contribution in [3.05, 3.63) is 62.9 Å². The zero-order valence-electron chi connectivity index (χ0n) is 16.0. The van der Waals surface area contributed by atoms with E-state index in [1.807, 2.05) is 31.2 Å². The van der Waals surface area contributed by atoms with E-state index in [0.29, 0.717) is 9.90 Å². The van der Waals surface area contributed by atoms with Crippen LogP contribution in [0, 0.1) is 6.92 Å². The minimum atomic E-state index is -3.48. The largest absolute Gasteiger partial charge is 0.346 e. The van der Waals surface area contributed by atoms with E-state index in [-0.39, 0.29) is 16.7 Å². The number of nitrogens with zero attached hydrogens (tertiary/aromatic N) is 2. The van der Waals surface area contributed by atoms with E-state index < -0.39 is 10.0 Å². The average molecular weight is 481 g/mol. The lowest BCUT2D eigenvalue weighted by Crippen LogP contribution is -2.21. The Morgan fingerprint density at radius 2 is 1.97 bits per heavy atom. The summed E-state index contributed by atoms with van der Waals surface area (Å²) in [5.74, 6) is -0.229. The van der Waals surface area contributed by atoms with Gasteiger partial charge in [0, 0.05) is 10.3 Å². The van der Waals surface area contributed by atoms with E-state index in [1.165, 1.54) is 24.5 Å². The van der Waals surface area contributed by atoms with Crippen molar-refractivity contribution in [2.45, 2.75) is 17.7 Å². The second-order valence-electron chi connectivity index (χ2n) is 6.39. The number of aryl methyl sites for hydroxylation is 1. The number of benzene rings is 1. The van der Waals surface area contributed by atoms with Crippen LogP contribution in [0.25, 0.3) is 15.9 Å². The predicted octanol–water partition coefficient (Wildman–Crippen LogP) is 3.95. The molecule has 0 saturated heterocycles. The molecule has 3 aromatic heterocycles. The molecule has 30 heavy (non-hydrogen) atoms. The number of hydrogen-bond acceptors (Lipinski definition) is 6. The third-order valence-electron chi connectivity index (χ3n) is 4.44. The Labute approximate surface area is 186 Å². The summed E-state index contributed by atoms with van der Waals surface area (Å²) >= 11 is 8.77. The third kappa shape index (κ3) is 3.88. The molecule has 11 heteroatoms. The van der Waals surface area contributed by atoms with Crippen LogP contribution in [0.15, 0.2) is 46.7 Å². The van der Waals surface area contributed by atoms with Gasteiger partial charge in [-0.3, -0.25) is 4.79 Å². The summed E-state index contributed by atoms with van der Waals surface area (Å²) in [5, 5.41) is 8.88. The van der Waals surface area contributed by atoms with Gasteiger partial charge in [-0.1, -0.05) is 23.7 Å².